The Morgan fingerprint density at radius 2 is 1.44 bits per heavy atom. The molecule has 0 aromatic heterocycles. The summed E-state index contributed by atoms with van der Waals surface area (Å²) in [5.74, 6) is 4.91. The van der Waals surface area contributed by atoms with Crippen molar-refractivity contribution >= 4 is 27.4 Å². The molecule has 0 aliphatic carbocycles. The van der Waals surface area contributed by atoms with Crippen LogP contribution in [-0.2, 0) is 14.8 Å². The highest BCUT2D eigenvalue weighted by atomic mass is 32.2. The van der Waals surface area contributed by atoms with Gasteiger partial charge in [-0.05, 0) is 60.7 Å². The summed E-state index contributed by atoms with van der Waals surface area (Å²) in [7, 11) is -3.67. The van der Waals surface area contributed by atoms with Crippen molar-refractivity contribution in [1.29, 1.82) is 0 Å². The number of sulfonamides is 1. The zero-order valence-electron chi connectivity index (χ0n) is 18.1. The molecule has 3 aromatic carbocycles. The van der Waals surface area contributed by atoms with E-state index in [-0.39, 0.29) is 11.4 Å². The Bertz CT molecular complexity index is 1310. The van der Waals surface area contributed by atoms with Crippen LogP contribution in [0.1, 0.15) is 21.5 Å². The zero-order chi connectivity index (χ0) is 24.6. The molecule has 3 rings (SSSR count). The minimum Gasteiger partial charge on any atom is -0.388 e. The molecule has 9 heteroatoms. The fourth-order valence-electron chi connectivity index (χ4n) is 2.91. The molecule has 0 aliphatic rings. The molecule has 5 N–H and O–H groups in total. The van der Waals surface area contributed by atoms with Gasteiger partial charge < -0.3 is 16.2 Å². The van der Waals surface area contributed by atoms with E-state index in [0.29, 0.717) is 22.4 Å². The molecule has 0 unspecified atom stereocenters. The van der Waals surface area contributed by atoms with Gasteiger partial charge in [-0.2, -0.15) is 0 Å². The third-order valence-electron chi connectivity index (χ3n) is 4.77. The molecule has 0 heterocycles. The first-order valence-electron chi connectivity index (χ1n) is 10.3. The first kappa shape index (κ1) is 24.7. The number of benzene rings is 3. The summed E-state index contributed by atoms with van der Waals surface area (Å²) in [6.07, 6.45) is 0. The molecule has 8 nitrogen and oxygen atoms in total. The van der Waals surface area contributed by atoms with Gasteiger partial charge in [-0.3, -0.25) is 14.3 Å². The fourth-order valence-corrected chi connectivity index (χ4v) is 3.99. The van der Waals surface area contributed by atoms with Crippen LogP contribution >= 0.6 is 0 Å². The lowest BCUT2D eigenvalue weighted by atomic mass is 10.1. The van der Waals surface area contributed by atoms with Gasteiger partial charge in [0.25, 0.3) is 15.9 Å². The summed E-state index contributed by atoms with van der Waals surface area (Å²) >= 11 is 0. The second kappa shape index (κ2) is 11.2. The van der Waals surface area contributed by atoms with Crippen molar-refractivity contribution in [2.24, 2.45) is 5.73 Å². The third kappa shape index (κ3) is 6.52. The predicted octanol–water partition coefficient (Wildman–Crippen LogP) is 1.51. The third-order valence-corrected chi connectivity index (χ3v) is 6.17. The Morgan fingerprint density at radius 1 is 0.882 bits per heavy atom. The van der Waals surface area contributed by atoms with E-state index in [4.69, 9.17) is 10.8 Å². The van der Waals surface area contributed by atoms with Gasteiger partial charge in [-0.1, -0.05) is 30.0 Å². The smallest absolute Gasteiger partial charge is 0.261 e. The summed E-state index contributed by atoms with van der Waals surface area (Å²) in [4.78, 5) is 24.0. The topological polar surface area (TPSA) is 139 Å². The first-order valence-corrected chi connectivity index (χ1v) is 11.8. The number of ketones is 1. The molecule has 0 bridgehead atoms. The maximum atomic E-state index is 12.4. The van der Waals surface area contributed by atoms with Gasteiger partial charge in [0.05, 0.1) is 4.90 Å². The number of rotatable bonds is 8. The van der Waals surface area contributed by atoms with Crippen LogP contribution in [0.5, 0.6) is 0 Å². The van der Waals surface area contributed by atoms with Gasteiger partial charge in [0.1, 0.15) is 12.6 Å². The molecule has 0 fully saturated rings. The van der Waals surface area contributed by atoms with Crippen molar-refractivity contribution in [3.05, 3.63) is 95.6 Å². The Hall–Kier alpha value is -3.97. The standard InChI is InChI=1S/C25H23N3O5S/c26-16-23(24(30)17-29)27-25(31)20-12-8-18(9-13-20)6-7-19-10-14-21(15-11-19)28-34(32,33)22-4-2-1-3-5-22/h1-5,8-15,23,28-29H,16-17,26H2,(H,27,31)/t23-/m0/s1. The van der Waals surface area contributed by atoms with E-state index in [1.54, 1.807) is 66.7 Å². The normalized spacial score (nSPS) is 11.6. The van der Waals surface area contributed by atoms with Crippen LogP contribution in [0.25, 0.3) is 0 Å². The average molecular weight is 478 g/mol. The molecule has 174 valence electrons. The van der Waals surface area contributed by atoms with E-state index in [1.165, 1.54) is 12.1 Å². The van der Waals surface area contributed by atoms with E-state index < -0.39 is 34.4 Å². The van der Waals surface area contributed by atoms with Gasteiger partial charge >= 0.3 is 0 Å². The number of Topliss-reactive ketones (excluding diaryl/α,β-unsaturated/α-hetero) is 1. The van der Waals surface area contributed by atoms with Crippen LogP contribution in [0.3, 0.4) is 0 Å². The number of anilines is 1. The Labute approximate surface area is 197 Å². The highest BCUT2D eigenvalue weighted by molar-refractivity contribution is 7.92. The lowest BCUT2D eigenvalue weighted by Crippen LogP contribution is -2.46. The van der Waals surface area contributed by atoms with Gasteiger partial charge in [0.2, 0.25) is 0 Å². The fraction of sp³-hybridized carbons (Fsp3) is 0.120. The number of carbonyl (C=O) groups excluding carboxylic acids is 2. The number of hydrogen-bond acceptors (Lipinski definition) is 6. The maximum absolute atomic E-state index is 12.4. The summed E-state index contributed by atoms with van der Waals surface area (Å²) in [6, 6.07) is 20.2. The summed E-state index contributed by atoms with van der Waals surface area (Å²) in [5.41, 5.74) is 7.54. The van der Waals surface area contributed by atoms with E-state index in [9.17, 15) is 18.0 Å². The molecular weight excluding hydrogens is 454 g/mol. The van der Waals surface area contributed by atoms with E-state index in [1.807, 2.05) is 0 Å². The van der Waals surface area contributed by atoms with Crippen LogP contribution in [0.15, 0.2) is 83.8 Å². The highest BCUT2D eigenvalue weighted by Gasteiger charge is 2.18. The number of amides is 1. The van der Waals surface area contributed by atoms with Crippen molar-refractivity contribution < 1.29 is 23.1 Å². The molecule has 1 atom stereocenters. The number of carbonyl (C=O) groups is 2. The monoisotopic (exact) mass is 477 g/mol. The van der Waals surface area contributed by atoms with Crippen molar-refractivity contribution in [3.8, 4) is 11.8 Å². The van der Waals surface area contributed by atoms with Gasteiger partial charge in [-0.25, -0.2) is 8.42 Å². The Kier molecular flexibility index (Phi) is 8.16. The lowest BCUT2D eigenvalue weighted by Gasteiger charge is -2.14. The molecular formula is C25H23N3O5S. The highest BCUT2D eigenvalue weighted by Crippen LogP contribution is 2.16. The second-order valence-corrected chi connectivity index (χ2v) is 8.89. The van der Waals surface area contributed by atoms with Gasteiger partial charge in [-0.15, -0.1) is 0 Å². The average Bonchev–Trinajstić information content (AvgIpc) is 2.87. The number of aliphatic hydroxyl groups is 1. The first-order chi connectivity index (χ1) is 16.3. The van der Waals surface area contributed by atoms with Crippen molar-refractivity contribution in [2.75, 3.05) is 17.9 Å². The molecule has 0 aliphatic heterocycles. The number of nitrogens with two attached hydrogens (primary N) is 1. The van der Waals surface area contributed by atoms with Crippen LogP contribution < -0.4 is 15.8 Å². The van der Waals surface area contributed by atoms with Crippen molar-refractivity contribution in [2.45, 2.75) is 10.9 Å². The van der Waals surface area contributed by atoms with Crippen molar-refractivity contribution in [1.82, 2.24) is 5.32 Å². The van der Waals surface area contributed by atoms with E-state index >= 15 is 0 Å². The number of aliphatic hydroxyl groups excluding tert-OH is 1. The minimum absolute atomic E-state index is 0.110. The second-order valence-electron chi connectivity index (χ2n) is 7.21. The molecule has 1 amide bonds. The van der Waals surface area contributed by atoms with Gasteiger partial charge in [0.15, 0.2) is 5.78 Å². The predicted molar refractivity (Wildman–Crippen MR) is 129 cm³/mol. The van der Waals surface area contributed by atoms with Crippen LogP contribution in [0.4, 0.5) is 5.69 Å². The number of hydrogen-bond donors (Lipinski definition) is 4. The van der Waals surface area contributed by atoms with Crippen LogP contribution in [0, 0.1) is 11.8 Å². The Morgan fingerprint density at radius 3 is 1.97 bits per heavy atom. The maximum Gasteiger partial charge on any atom is 0.261 e. The quantitative estimate of drug-likeness (QED) is 0.363. The summed E-state index contributed by atoms with van der Waals surface area (Å²) in [5, 5.41) is 11.4. The summed E-state index contributed by atoms with van der Waals surface area (Å²) < 4.78 is 27.3. The number of nitrogens with one attached hydrogen (secondary N) is 2. The van der Waals surface area contributed by atoms with Crippen LogP contribution in [0.2, 0.25) is 0 Å². The minimum atomic E-state index is -3.67. The largest absolute Gasteiger partial charge is 0.388 e. The molecule has 0 radical (unpaired) electrons. The molecule has 3 aromatic rings. The van der Waals surface area contributed by atoms with E-state index in [2.05, 4.69) is 21.9 Å². The van der Waals surface area contributed by atoms with E-state index in [0.717, 1.165) is 0 Å². The molecule has 0 saturated heterocycles. The molecule has 34 heavy (non-hydrogen) atoms. The summed E-state index contributed by atoms with van der Waals surface area (Å²) in [6.45, 7) is -0.808. The Balaban J connectivity index is 1.64. The van der Waals surface area contributed by atoms with Gasteiger partial charge in [0, 0.05) is 28.9 Å². The molecule has 0 saturated carbocycles. The van der Waals surface area contributed by atoms with Crippen LogP contribution in [-0.4, -0.2) is 44.4 Å². The lowest BCUT2D eigenvalue weighted by molar-refractivity contribution is -0.123. The zero-order valence-corrected chi connectivity index (χ0v) is 18.9. The molecule has 0 spiro atoms. The SMILES string of the molecule is NC[C@H](NC(=O)c1ccc(C#Cc2ccc(NS(=O)(=O)c3ccccc3)cc2)cc1)C(=O)CO. The van der Waals surface area contributed by atoms with Crippen molar-refractivity contribution in [3.63, 3.8) is 0 Å².